The van der Waals surface area contributed by atoms with Crippen LogP contribution in [0, 0.1) is 11.3 Å². The van der Waals surface area contributed by atoms with Crippen LogP contribution in [0.25, 0.3) is 0 Å². The van der Waals surface area contributed by atoms with Gasteiger partial charge in [0.2, 0.25) is 5.91 Å². The molecule has 0 bridgehead atoms. The minimum atomic E-state index is -0.805. The van der Waals surface area contributed by atoms with E-state index in [1.54, 1.807) is 11.8 Å². The molecule has 88 valence electrons. The number of carboxylic acids is 1. The van der Waals surface area contributed by atoms with Gasteiger partial charge in [-0.2, -0.15) is 0 Å². The first-order chi connectivity index (χ1) is 7.53. The lowest BCUT2D eigenvalue weighted by Crippen LogP contribution is -2.61. The van der Waals surface area contributed by atoms with Gasteiger partial charge < -0.3 is 10.0 Å². The second-order valence-corrected chi connectivity index (χ2v) is 5.04. The second-order valence-electron chi connectivity index (χ2n) is 5.04. The molecule has 4 nitrogen and oxygen atoms in total. The van der Waals surface area contributed by atoms with Gasteiger partial charge >= 0.3 is 5.97 Å². The van der Waals surface area contributed by atoms with Crippen molar-refractivity contribution >= 4 is 11.9 Å². The van der Waals surface area contributed by atoms with Crippen LogP contribution in [0.3, 0.4) is 0 Å². The van der Waals surface area contributed by atoms with Crippen molar-refractivity contribution in [3.63, 3.8) is 0 Å². The van der Waals surface area contributed by atoms with E-state index in [1.807, 2.05) is 6.08 Å². The van der Waals surface area contributed by atoms with Crippen molar-refractivity contribution in [1.29, 1.82) is 0 Å². The van der Waals surface area contributed by atoms with Crippen LogP contribution in [0.4, 0.5) is 0 Å². The third kappa shape index (κ3) is 1.84. The molecule has 16 heavy (non-hydrogen) atoms. The normalized spacial score (nSPS) is 27.3. The Morgan fingerprint density at radius 1 is 1.38 bits per heavy atom. The third-order valence-corrected chi connectivity index (χ3v) is 3.53. The maximum Gasteiger partial charge on any atom is 0.312 e. The molecule has 0 radical (unpaired) electrons. The average Bonchev–Trinajstić information content (AvgIpc) is 2.25. The predicted molar refractivity (Wildman–Crippen MR) is 58.8 cm³/mol. The van der Waals surface area contributed by atoms with Gasteiger partial charge in [-0.25, -0.2) is 0 Å². The zero-order chi connectivity index (χ0) is 11.8. The van der Waals surface area contributed by atoms with Crippen LogP contribution in [0.2, 0.25) is 0 Å². The number of aliphatic carboxylic acids is 1. The summed E-state index contributed by atoms with van der Waals surface area (Å²) in [5, 5.41) is 8.95. The minimum Gasteiger partial charge on any atom is -0.481 e. The summed E-state index contributed by atoms with van der Waals surface area (Å²) in [5.74, 6) is -0.605. The Balaban J connectivity index is 1.90. The van der Waals surface area contributed by atoms with Gasteiger partial charge in [-0.1, -0.05) is 12.2 Å². The van der Waals surface area contributed by atoms with Crippen LogP contribution in [-0.4, -0.2) is 35.0 Å². The van der Waals surface area contributed by atoms with Gasteiger partial charge in [0, 0.05) is 19.0 Å². The summed E-state index contributed by atoms with van der Waals surface area (Å²) < 4.78 is 0. The lowest BCUT2D eigenvalue weighted by atomic mass is 9.80. The molecule has 1 aliphatic heterocycles. The Hall–Kier alpha value is -1.32. The molecule has 1 amide bonds. The highest BCUT2D eigenvalue weighted by atomic mass is 16.4. The monoisotopic (exact) mass is 223 g/mol. The summed E-state index contributed by atoms with van der Waals surface area (Å²) in [6.07, 6.45) is 6.80. The Kier molecular flexibility index (Phi) is 2.74. The van der Waals surface area contributed by atoms with Gasteiger partial charge in [0.05, 0.1) is 5.41 Å². The van der Waals surface area contributed by atoms with Gasteiger partial charge in [-0.15, -0.1) is 0 Å². The topological polar surface area (TPSA) is 57.6 Å². The van der Waals surface area contributed by atoms with E-state index >= 15 is 0 Å². The van der Waals surface area contributed by atoms with Crippen molar-refractivity contribution < 1.29 is 14.7 Å². The molecule has 1 heterocycles. The summed E-state index contributed by atoms with van der Waals surface area (Å²) in [5.41, 5.74) is -0.722. The number of nitrogens with zero attached hydrogens (tertiary/aromatic N) is 1. The molecule has 2 aliphatic rings. The zero-order valence-corrected chi connectivity index (χ0v) is 9.48. The van der Waals surface area contributed by atoms with Crippen LogP contribution < -0.4 is 0 Å². The lowest BCUT2D eigenvalue weighted by Gasteiger charge is -2.46. The summed E-state index contributed by atoms with van der Waals surface area (Å²) in [6, 6.07) is 0. The van der Waals surface area contributed by atoms with E-state index in [0.717, 1.165) is 19.3 Å². The van der Waals surface area contributed by atoms with Crippen LogP contribution in [0.5, 0.6) is 0 Å². The third-order valence-electron chi connectivity index (χ3n) is 3.53. The van der Waals surface area contributed by atoms with E-state index in [1.165, 1.54) is 0 Å². The van der Waals surface area contributed by atoms with Crippen LogP contribution >= 0.6 is 0 Å². The highest BCUT2D eigenvalue weighted by Gasteiger charge is 2.48. The second kappa shape index (κ2) is 3.92. The number of allylic oxidation sites excluding steroid dienone is 2. The fourth-order valence-electron chi connectivity index (χ4n) is 2.36. The SMILES string of the molecule is CC1(C(=O)O)CN(C(=O)[C@@H]2CC=CCC2)C1. The Bertz CT molecular complexity index is 342. The summed E-state index contributed by atoms with van der Waals surface area (Å²) in [6.45, 7) is 2.42. The van der Waals surface area contributed by atoms with Crippen molar-refractivity contribution in [2.45, 2.75) is 26.2 Å². The summed E-state index contributed by atoms with van der Waals surface area (Å²) in [7, 11) is 0. The first-order valence-electron chi connectivity index (χ1n) is 5.70. The van der Waals surface area contributed by atoms with E-state index in [9.17, 15) is 9.59 Å². The molecule has 0 saturated carbocycles. The van der Waals surface area contributed by atoms with E-state index in [-0.39, 0.29) is 11.8 Å². The highest BCUT2D eigenvalue weighted by molar-refractivity contribution is 5.84. The molecule has 1 fully saturated rings. The molecule has 1 aliphatic carbocycles. The van der Waals surface area contributed by atoms with Crippen LogP contribution in [-0.2, 0) is 9.59 Å². The van der Waals surface area contributed by atoms with Gasteiger partial charge in [-0.05, 0) is 26.2 Å². The number of rotatable bonds is 2. The molecule has 0 aromatic heterocycles. The van der Waals surface area contributed by atoms with E-state index in [0.29, 0.717) is 13.1 Å². The van der Waals surface area contributed by atoms with E-state index in [2.05, 4.69) is 6.08 Å². The van der Waals surface area contributed by atoms with Crippen molar-refractivity contribution in [3.8, 4) is 0 Å². The van der Waals surface area contributed by atoms with Crippen LogP contribution in [0.15, 0.2) is 12.2 Å². The quantitative estimate of drug-likeness (QED) is 0.717. The molecule has 1 N–H and O–H groups in total. The van der Waals surface area contributed by atoms with Gasteiger partial charge in [0.15, 0.2) is 0 Å². The Morgan fingerprint density at radius 2 is 2.06 bits per heavy atom. The van der Waals surface area contributed by atoms with E-state index < -0.39 is 11.4 Å². The molecule has 0 unspecified atom stereocenters. The van der Waals surface area contributed by atoms with Crippen molar-refractivity contribution in [3.05, 3.63) is 12.2 Å². The maximum absolute atomic E-state index is 12.0. The van der Waals surface area contributed by atoms with Crippen molar-refractivity contribution in [1.82, 2.24) is 4.90 Å². The largest absolute Gasteiger partial charge is 0.481 e. The van der Waals surface area contributed by atoms with Gasteiger partial charge in [0.1, 0.15) is 0 Å². The molecular weight excluding hydrogens is 206 g/mol. The number of carboxylic acid groups (broad SMARTS) is 1. The van der Waals surface area contributed by atoms with Crippen LogP contribution in [0.1, 0.15) is 26.2 Å². The fraction of sp³-hybridized carbons (Fsp3) is 0.667. The molecule has 1 atom stereocenters. The number of amides is 1. The number of likely N-dealkylation sites (tertiary alicyclic amines) is 1. The first-order valence-corrected chi connectivity index (χ1v) is 5.70. The molecule has 0 spiro atoms. The number of carbonyl (C=O) groups is 2. The molecule has 2 rings (SSSR count). The molecular formula is C12H17NO3. The first kappa shape index (κ1) is 11.2. The smallest absolute Gasteiger partial charge is 0.312 e. The van der Waals surface area contributed by atoms with Crippen molar-refractivity contribution in [2.75, 3.05) is 13.1 Å². The standard InChI is InChI=1S/C12H17NO3/c1-12(11(15)16)7-13(8-12)10(14)9-5-3-2-4-6-9/h2-3,9H,4-8H2,1H3,(H,15,16)/t9-/m1/s1. The average molecular weight is 223 g/mol. The fourth-order valence-corrected chi connectivity index (χ4v) is 2.36. The molecule has 1 saturated heterocycles. The molecule has 0 aromatic rings. The lowest BCUT2D eigenvalue weighted by molar-refractivity contribution is -0.165. The Morgan fingerprint density at radius 3 is 2.56 bits per heavy atom. The summed E-state index contributed by atoms with van der Waals surface area (Å²) >= 11 is 0. The zero-order valence-electron chi connectivity index (χ0n) is 9.48. The molecule has 4 heteroatoms. The van der Waals surface area contributed by atoms with E-state index in [4.69, 9.17) is 5.11 Å². The predicted octanol–water partition coefficient (Wildman–Crippen LogP) is 1.28. The van der Waals surface area contributed by atoms with Gasteiger partial charge in [-0.3, -0.25) is 9.59 Å². The number of hydrogen-bond donors (Lipinski definition) is 1. The van der Waals surface area contributed by atoms with Crippen molar-refractivity contribution in [2.24, 2.45) is 11.3 Å². The molecule has 0 aromatic carbocycles. The number of hydrogen-bond acceptors (Lipinski definition) is 2. The maximum atomic E-state index is 12.0. The summed E-state index contributed by atoms with van der Waals surface area (Å²) in [4.78, 5) is 24.6. The minimum absolute atomic E-state index is 0.0725. The highest BCUT2D eigenvalue weighted by Crippen LogP contribution is 2.33. The van der Waals surface area contributed by atoms with Gasteiger partial charge in [0.25, 0.3) is 0 Å². The Labute approximate surface area is 94.9 Å². The number of carbonyl (C=O) groups excluding carboxylic acids is 1.